The largest absolute Gasteiger partial charge is 0.461 e. The number of carbonyl (C=O) groups is 4. The molecule has 49 heavy (non-hydrogen) atoms. The first kappa shape index (κ1) is 39.3. The highest BCUT2D eigenvalue weighted by atomic mass is 16.6. The van der Waals surface area contributed by atoms with Crippen LogP contribution in [0.15, 0.2) is 24.3 Å². The summed E-state index contributed by atoms with van der Waals surface area (Å²) in [6.45, 7) is 7.61. The van der Waals surface area contributed by atoms with Crippen molar-refractivity contribution in [1.82, 2.24) is 4.90 Å². The second kappa shape index (κ2) is 17.7. The number of carbonyl (C=O) groups excluding carboxylic acids is 4. The van der Waals surface area contributed by atoms with E-state index >= 15 is 0 Å². The fourth-order valence-electron chi connectivity index (χ4n) is 8.01. The number of aliphatic hydroxyl groups excluding tert-OH is 2. The van der Waals surface area contributed by atoms with E-state index in [1.165, 1.54) is 18.1 Å². The van der Waals surface area contributed by atoms with Gasteiger partial charge in [0.25, 0.3) is 11.7 Å². The Labute approximate surface area is 291 Å². The molecule has 4 rings (SSSR count). The number of ether oxygens (including phenoxy) is 3. The van der Waals surface area contributed by atoms with E-state index in [0.29, 0.717) is 64.2 Å². The molecule has 2 saturated heterocycles. The Morgan fingerprint density at radius 2 is 1.69 bits per heavy atom. The number of hydrogen-bond donors (Lipinski definition) is 3. The summed E-state index contributed by atoms with van der Waals surface area (Å²) in [5.74, 6) is -6.73. The first-order valence-electron chi connectivity index (χ1n) is 18.5. The van der Waals surface area contributed by atoms with Gasteiger partial charge in [0.1, 0.15) is 18.2 Å². The smallest absolute Gasteiger partial charge is 0.329 e. The summed E-state index contributed by atoms with van der Waals surface area (Å²) in [5.41, 5.74) is 0. The minimum atomic E-state index is -2.42. The van der Waals surface area contributed by atoms with Gasteiger partial charge in [-0.05, 0) is 101 Å². The predicted octanol–water partition coefficient (Wildman–Crippen LogP) is 4.05. The van der Waals surface area contributed by atoms with Crippen LogP contribution in [0.25, 0.3) is 0 Å². The van der Waals surface area contributed by atoms with Crippen LogP contribution in [0.1, 0.15) is 105 Å². The van der Waals surface area contributed by atoms with Gasteiger partial charge in [0.15, 0.2) is 5.78 Å². The average molecular weight is 690 g/mol. The van der Waals surface area contributed by atoms with E-state index in [1.807, 2.05) is 13.0 Å². The molecule has 11 heteroatoms. The van der Waals surface area contributed by atoms with Gasteiger partial charge in [-0.1, -0.05) is 45.9 Å². The van der Waals surface area contributed by atoms with E-state index in [2.05, 4.69) is 19.1 Å². The number of esters is 1. The van der Waals surface area contributed by atoms with E-state index in [-0.39, 0.29) is 30.1 Å². The molecule has 11 nitrogen and oxygen atoms in total. The van der Waals surface area contributed by atoms with Crippen LogP contribution in [0.5, 0.6) is 0 Å². The quantitative estimate of drug-likeness (QED) is 0.223. The fourth-order valence-corrected chi connectivity index (χ4v) is 8.01. The molecule has 1 saturated carbocycles. The number of piperidine rings is 1. The molecule has 0 unspecified atom stereocenters. The number of ketones is 2. The van der Waals surface area contributed by atoms with Crippen LogP contribution in [0.2, 0.25) is 0 Å². The summed E-state index contributed by atoms with van der Waals surface area (Å²) < 4.78 is 17.6. The number of rotatable bonds is 4. The number of cyclic esters (lactones) is 1. The van der Waals surface area contributed by atoms with Crippen LogP contribution in [-0.4, -0.2) is 99.7 Å². The van der Waals surface area contributed by atoms with E-state index in [1.54, 1.807) is 13.8 Å². The lowest BCUT2D eigenvalue weighted by Gasteiger charge is -2.43. The van der Waals surface area contributed by atoms with Gasteiger partial charge < -0.3 is 34.4 Å². The zero-order valence-electron chi connectivity index (χ0n) is 30.0. The van der Waals surface area contributed by atoms with Gasteiger partial charge in [0, 0.05) is 25.5 Å². The predicted molar refractivity (Wildman–Crippen MR) is 182 cm³/mol. The maximum atomic E-state index is 14.0. The third kappa shape index (κ3) is 9.47. The molecule has 276 valence electrons. The Morgan fingerprint density at radius 3 is 2.43 bits per heavy atom. The third-order valence-electron chi connectivity index (χ3n) is 11.5. The number of allylic oxidation sites excluding steroid dienone is 4. The summed E-state index contributed by atoms with van der Waals surface area (Å²) in [5, 5.41) is 32.9. The second-order valence-electron chi connectivity index (χ2n) is 15.1. The molecule has 1 aliphatic carbocycles. The molecule has 12 atom stereocenters. The zero-order chi connectivity index (χ0) is 35.9. The van der Waals surface area contributed by atoms with Crippen LogP contribution < -0.4 is 0 Å². The van der Waals surface area contributed by atoms with Gasteiger partial charge in [-0.15, -0.1) is 0 Å². The van der Waals surface area contributed by atoms with Crippen LogP contribution in [-0.2, 0) is 33.4 Å². The average Bonchev–Trinajstić information content (AvgIpc) is 3.09. The van der Waals surface area contributed by atoms with Crippen molar-refractivity contribution >= 4 is 23.4 Å². The Hall–Kier alpha value is -2.44. The van der Waals surface area contributed by atoms with Gasteiger partial charge in [-0.3, -0.25) is 14.4 Å². The van der Waals surface area contributed by atoms with Crippen molar-refractivity contribution in [3.63, 3.8) is 0 Å². The van der Waals surface area contributed by atoms with Crippen LogP contribution >= 0.6 is 0 Å². The van der Waals surface area contributed by atoms with Crippen molar-refractivity contribution in [3.8, 4) is 0 Å². The Bertz CT molecular complexity index is 1220. The highest BCUT2D eigenvalue weighted by Crippen LogP contribution is 2.38. The molecular weight excluding hydrogens is 630 g/mol. The fraction of sp³-hybridized carbons (Fsp3) is 0.789. The normalized spacial score (nSPS) is 41.2. The van der Waals surface area contributed by atoms with Crippen molar-refractivity contribution in [3.05, 3.63) is 24.3 Å². The van der Waals surface area contributed by atoms with Crippen LogP contribution in [0.4, 0.5) is 0 Å². The number of Topliss-reactive ketones (excluding diaryl/α,β-unsaturated/α-hetero) is 1. The molecule has 2 bridgehead atoms. The number of amides is 1. The number of nitrogens with zero attached hydrogens (tertiary/aromatic N) is 1. The number of hydrogen-bond acceptors (Lipinski definition) is 10. The zero-order valence-corrected chi connectivity index (χ0v) is 30.0. The lowest BCUT2D eigenvalue weighted by atomic mass is 9.76. The van der Waals surface area contributed by atoms with Crippen molar-refractivity contribution in [2.45, 2.75) is 147 Å². The van der Waals surface area contributed by atoms with Crippen LogP contribution in [0.3, 0.4) is 0 Å². The maximum Gasteiger partial charge on any atom is 0.329 e. The summed E-state index contributed by atoms with van der Waals surface area (Å²) >= 11 is 0. The summed E-state index contributed by atoms with van der Waals surface area (Å²) in [4.78, 5) is 55.9. The summed E-state index contributed by atoms with van der Waals surface area (Å²) in [7, 11) is 1.48. The van der Waals surface area contributed by atoms with Gasteiger partial charge in [0.2, 0.25) is 5.79 Å². The molecule has 0 aromatic carbocycles. The molecule has 3 aliphatic heterocycles. The third-order valence-corrected chi connectivity index (χ3v) is 11.5. The van der Waals surface area contributed by atoms with E-state index in [9.17, 15) is 34.5 Å². The number of aliphatic hydroxyl groups is 3. The molecule has 0 spiro atoms. The number of fused-ring (bicyclic) bond motifs is 3. The standard InChI is InChI=1S/C38H59NO10/c1-23-12-8-6-7-9-14-29(40)26(4)32-20-16-25(3)38(46,49-32)35(43)36(44)39-21-11-10-13-28(39)37(45)48-31(19-15-23)24(2)22-27-17-18-30(41)34(47-5)33(27)42/h8-9,12,14,23-28,30-34,41-42,46H,6-7,10-11,13,15-22H2,1-5H3/b12-8+,14-9+/t23-,24-,25-,26+,27+,28+,30-,31+,32+,33+,34+,38-/m1/s1. The number of methoxy groups -OCH3 is 1. The Balaban J connectivity index is 1.60. The van der Waals surface area contributed by atoms with E-state index < -0.39 is 71.8 Å². The maximum absolute atomic E-state index is 14.0. The van der Waals surface area contributed by atoms with Gasteiger partial charge in [-0.25, -0.2) is 4.79 Å². The van der Waals surface area contributed by atoms with Crippen molar-refractivity contribution in [2.75, 3.05) is 13.7 Å². The van der Waals surface area contributed by atoms with Crippen LogP contribution in [0, 0.1) is 29.6 Å². The molecule has 3 N–H and O–H groups in total. The first-order chi connectivity index (χ1) is 23.3. The second-order valence-corrected chi connectivity index (χ2v) is 15.1. The molecule has 0 aromatic heterocycles. The first-order valence-corrected chi connectivity index (χ1v) is 18.5. The molecule has 1 amide bonds. The molecule has 0 radical (unpaired) electrons. The summed E-state index contributed by atoms with van der Waals surface area (Å²) in [6.07, 6.45) is 10.8. The molecule has 3 fully saturated rings. The highest BCUT2D eigenvalue weighted by Gasteiger charge is 2.53. The van der Waals surface area contributed by atoms with Crippen molar-refractivity contribution in [1.29, 1.82) is 0 Å². The lowest BCUT2D eigenvalue weighted by Crippen LogP contribution is -2.61. The molecule has 4 aliphatic rings. The monoisotopic (exact) mass is 689 g/mol. The molecule has 0 aromatic rings. The molecular formula is C38H59NO10. The minimum Gasteiger partial charge on any atom is -0.461 e. The van der Waals surface area contributed by atoms with Gasteiger partial charge >= 0.3 is 5.97 Å². The van der Waals surface area contributed by atoms with Gasteiger partial charge in [0.05, 0.1) is 18.3 Å². The molecule has 3 heterocycles. The lowest BCUT2D eigenvalue weighted by molar-refractivity contribution is -0.268. The van der Waals surface area contributed by atoms with Crippen molar-refractivity contribution < 1.29 is 48.7 Å². The Kier molecular flexibility index (Phi) is 14.2. The minimum absolute atomic E-state index is 0.151. The van der Waals surface area contributed by atoms with E-state index in [0.717, 1.165) is 12.8 Å². The SMILES string of the molecule is CO[C@@H]1[C@@H](O)[C@H](C[C@@H](C)[C@@H]2CC[C@H](C)/C=C/CC/C=C/C(=O)[C@H](C)[C@@H]3CC[C@@H](C)[C@@](O)(O3)C(=O)C(=O)N3CCCC[C@H]3C(=O)O2)CC[C@H]1O. The Morgan fingerprint density at radius 1 is 0.959 bits per heavy atom. The highest BCUT2D eigenvalue weighted by molar-refractivity contribution is 6.39. The van der Waals surface area contributed by atoms with E-state index in [4.69, 9.17) is 14.2 Å². The van der Waals surface area contributed by atoms with Crippen molar-refractivity contribution in [2.24, 2.45) is 29.6 Å². The summed E-state index contributed by atoms with van der Waals surface area (Å²) in [6, 6.07) is -0.997. The topological polar surface area (TPSA) is 160 Å². The van der Waals surface area contributed by atoms with Gasteiger partial charge in [-0.2, -0.15) is 0 Å².